The fraction of sp³-hybridized carbons (Fsp3) is 0.316. The molecule has 1 amide bonds. The van der Waals surface area contributed by atoms with Gasteiger partial charge in [-0.3, -0.25) is 4.79 Å². The van der Waals surface area contributed by atoms with Crippen LogP contribution in [0, 0.1) is 0 Å². The van der Waals surface area contributed by atoms with Gasteiger partial charge in [0.15, 0.2) is 0 Å². The van der Waals surface area contributed by atoms with E-state index in [1.54, 1.807) is 18.2 Å². The normalized spacial score (nSPS) is 12.1. The van der Waals surface area contributed by atoms with E-state index in [4.69, 9.17) is 4.74 Å². The highest BCUT2D eigenvalue weighted by Gasteiger charge is 2.21. The van der Waals surface area contributed by atoms with Crippen LogP contribution in [-0.4, -0.2) is 61.4 Å². The summed E-state index contributed by atoms with van der Waals surface area (Å²) in [5.41, 5.74) is 0.558. The topological polar surface area (TPSA) is 122 Å². The summed E-state index contributed by atoms with van der Waals surface area (Å²) in [6.45, 7) is 0.284. The number of sulfonamides is 2. The predicted molar refractivity (Wildman–Crippen MR) is 112 cm³/mol. The highest BCUT2D eigenvalue weighted by Crippen LogP contribution is 2.18. The Morgan fingerprint density at radius 3 is 2.40 bits per heavy atom. The molecule has 0 aromatic heterocycles. The Morgan fingerprint density at radius 2 is 1.73 bits per heavy atom. The molecule has 0 spiro atoms. The van der Waals surface area contributed by atoms with Gasteiger partial charge >= 0.3 is 0 Å². The second-order valence-electron chi connectivity index (χ2n) is 6.50. The zero-order valence-corrected chi connectivity index (χ0v) is 18.6. The van der Waals surface area contributed by atoms with Crippen molar-refractivity contribution in [2.24, 2.45) is 0 Å². The van der Waals surface area contributed by atoms with E-state index in [0.717, 1.165) is 4.31 Å². The van der Waals surface area contributed by atoms with Crippen molar-refractivity contribution in [2.45, 2.75) is 16.3 Å². The zero-order valence-electron chi connectivity index (χ0n) is 17.0. The van der Waals surface area contributed by atoms with Gasteiger partial charge < -0.3 is 10.1 Å². The summed E-state index contributed by atoms with van der Waals surface area (Å²) in [5, 5.41) is 2.64. The number of methoxy groups -OCH3 is 1. The van der Waals surface area contributed by atoms with Gasteiger partial charge in [0, 0.05) is 39.9 Å². The van der Waals surface area contributed by atoms with Gasteiger partial charge in [0.05, 0.1) is 16.4 Å². The van der Waals surface area contributed by atoms with Crippen LogP contribution in [0.3, 0.4) is 0 Å². The van der Waals surface area contributed by atoms with Crippen molar-refractivity contribution >= 4 is 26.0 Å². The smallest absolute Gasteiger partial charge is 0.251 e. The third-order valence-electron chi connectivity index (χ3n) is 4.18. The predicted octanol–water partition coefficient (Wildman–Crippen LogP) is 0.792. The number of carbonyl (C=O) groups excluding carboxylic acids is 1. The molecular weight excluding hydrogens is 430 g/mol. The van der Waals surface area contributed by atoms with Gasteiger partial charge in [-0.1, -0.05) is 24.3 Å². The summed E-state index contributed by atoms with van der Waals surface area (Å²) >= 11 is 0. The Labute approximate surface area is 177 Å². The number of benzene rings is 2. The average Bonchev–Trinajstić information content (AvgIpc) is 2.72. The lowest BCUT2D eigenvalue weighted by molar-refractivity contribution is 0.0950. The van der Waals surface area contributed by atoms with Crippen molar-refractivity contribution in [2.75, 3.05) is 34.4 Å². The summed E-state index contributed by atoms with van der Waals surface area (Å²) in [7, 11) is -3.14. The Kier molecular flexibility index (Phi) is 8.10. The first-order valence-electron chi connectivity index (χ1n) is 8.97. The molecule has 9 nitrogen and oxygen atoms in total. The lowest BCUT2D eigenvalue weighted by Crippen LogP contribution is -2.28. The highest BCUT2D eigenvalue weighted by molar-refractivity contribution is 7.89. The van der Waals surface area contributed by atoms with Crippen LogP contribution >= 0.6 is 0 Å². The SMILES string of the molecule is COCCNS(=O)(=O)c1cccc(C(=O)NCc2ccccc2S(=O)(=O)N(C)C)c1. The number of rotatable bonds is 10. The van der Waals surface area contributed by atoms with Crippen molar-refractivity contribution in [3.05, 3.63) is 59.7 Å². The van der Waals surface area contributed by atoms with E-state index in [1.165, 1.54) is 51.5 Å². The molecule has 30 heavy (non-hydrogen) atoms. The molecule has 0 aliphatic heterocycles. The Balaban J connectivity index is 2.18. The minimum absolute atomic E-state index is 0.0366. The minimum Gasteiger partial charge on any atom is -0.383 e. The molecular formula is C19H25N3O6S2. The maximum Gasteiger partial charge on any atom is 0.251 e. The Hall–Kier alpha value is -2.31. The van der Waals surface area contributed by atoms with Crippen LogP contribution in [-0.2, 0) is 31.3 Å². The second-order valence-corrected chi connectivity index (χ2v) is 10.4. The number of amides is 1. The molecule has 0 aliphatic carbocycles. The quantitative estimate of drug-likeness (QED) is 0.511. The molecule has 0 aliphatic rings. The number of nitrogens with one attached hydrogen (secondary N) is 2. The van der Waals surface area contributed by atoms with Gasteiger partial charge in [-0.25, -0.2) is 25.9 Å². The number of nitrogens with zero attached hydrogens (tertiary/aromatic N) is 1. The first kappa shape index (κ1) is 24.0. The van der Waals surface area contributed by atoms with Crippen LogP contribution < -0.4 is 10.0 Å². The summed E-state index contributed by atoms with van der Waals surface area (Å²) in [6.07, 6.45) is 0. The lowest BCUT2D eigenvalue weighted by atomic mass is 10.2. The summed E-state index contributed by atoms with van der Waals surface area (Å²) in [4.78, 5) is 12.6. The van der Waals surface area contributed by atoms with E-state index in [9.17, 15) is 21.6 Å². The molecule has 2 rings (SSSR count). The molecule has 0 heterocycles. The van der Waals surface area contributed by atoms with Crippen LogP contribution in [0.5, 0.6) is 0 Å². The van der Waals surface area contributed by atoms with Crippen molar-refractivity contribution in [1.29, 1.82) is 0 Å². The largest absolute Gasteiger partial charge is 0.383 e. The monoisotopic (exact) mass is 455 g/mol. The summed E-state index contributed by atoms with van der Waals surface area (Å²) < 4.78 is 57.8. The van der Waals surface area contributed by atoms with Crippen LogP contribution in [0.15, 0.2) is 58.3 Å². The van der Waals surface area contributed by atoms with E-state index >= 15 is 0 Å². The van der Waals surface area contributed by atoms with Crippen LogP contribution in [0.2, 0.25) is 0 Å². The van der Waals surface area contributed by atoms with Crippen molar-refractivity contribution in [3.63, 3.8) is 0 Å². The molecule has 0 bridgehead atoms. The van der Waals surface area contributed by atoms with E-state index < -0.39 is 26.0 Å². The highest BCUT2D eigenvalue weighted by atomic mass is 32.2. The summed E-state index contributed by atoms with van der Waals surface area (Å²) in [5.74, 6) is -0.527. The van der Waals surface area contributed by atoms with E-state index in [0.29, 0.717) is 5.56 Å². The standard InChI is InChI=1S/C19H25N3O6S2/c1-22(2)30(26,27)18-10-5-4-7-16(18)14-20-19(23)15-8-6-9-17(13-15)29(24,25)21-11-12-28-3/h4-10,13,21H,11-12,14H2,1-3H3,(H,20,23). The number of hydrogen-bond acceptors (Lipinski definition) is 6. The minimum atomic E-state index is -3.79. The van der Waals surface area contributed by atoms with Gasteiger partial charge in [0.1, 0.15) is 0 Å². The van der Waals surface area contributed by atoms with E-state index in [2.05, 4.69) is 10.0 Å². The third-order valence-corrected chi connectivity index (χ3v) is 7.55. The Bertz CT molecular complexity index is 1100. The molecule has 0 saturated heterocycles. The van der Waals surface area contributed by atoms with Gasteiger partial charge in [0.25, 0.3) is 5.91 Å². The van der Waals surface area contributed by atoms with Gasteiger partial charge in [-0.2, -0.15) is 0 Å². The number of hydrogen-bond donors (Lipinski definition) is 2. The van der Waals surface area contributed by atoms with Crippen molar-refractivity contribution in [3.8, 4) is 0 Å². The fourth-order valence-corrected chi connectivity index (χ4v) is 4.72. The lowest BCUT2D eigenvalue weighted by Gasteiger charge is -2.15. The first-order valence-corrected chi connectivity index (χ1v) is 11.9. The maximum absolute atomic E-state index is 12.5. The first-order chi connectivity index (χ1) is 14.1. The van der Waals surface area contributed by atoms with Crippen LogP contribution in [0.25, 0.3) is 0 Å². The van der Waals surface area contributed by atoms with Crippen LogP contribution in [0.1, 0.15) is 15.9 Å². The molecule has 0 saturated carbocycles. The third kappa shape index (κ3) is 5.86. The van der Waals surface area contributed by atoms with E-state index in [-0.39, 0.29) is 35.1 Å². The molecule has 0 radical (unpaired) electrons. The molecule has 164 valence electrons. The van der Waals surface area contributed by atoms with Crippen molar-refractivity contribution in [1.82, 2.24) is 14.3 Å². The van der Waals surface area contributed by atoms with Gasteiger partial charge in [-0.05, 0) is 29.8 Å². The summed E-state index contributed by atoms with van der Waals surface area (Å²) in [6, 6.07) is 11.9. The molecule has 0 atom stereocenters. The van der Waals surface area contributed by atoms with Gasteiger partial charge in [-0.15, -0.1) is 0 Å². The molecule has 2 aromatic rings. The number of ether oxygens (including phenoxy) is 1. The molecule has 2 N–H and O–H groups in total. The molecule has 0 unspecified atom stereocenters. The molecule has 2 aromatic carbocycles. The Morgan fingerprint density at radius 1 is 1.03 bits per heavy atom. The van der Waals surface area contributed by atoms with Gasteiger partial charge in [0.2, 0.25) is 20.0 Å². The van der Waals surface area contributed by atoms with Crippen LogP contribution in [0.4, 0.5) is 0 Å². The van der Waals surface area contributed by atoms with Crippen molar-refractivity contribution < 1.29 is 26.4 Å². The second kappa shape index (κ2) is 10.1. The zero-order chi connectivity index (χ0) is 22.4. The average molecular weight is 456 g/mol. The molecule has 0 fully saturated rings. The molecule has 11 heteroatoms. The van der Waals surface area contributed by atoms with E-state index in [1.807, 2.05) is 0 Å². The maximum atomic E-state index is 12.5. The fourth-order valence-electron chi connectivity index (χ4n) is 2.54. The number of carbonyl (C=O) groups is 1.